The summed E-state index contributed by atoms with van der Waals surface area (Å²) < 4.78 is 28.5. The second kappa shape index (κ2) is 23.9. The van der Waals surface area contributed by atoms with Crippen molar-refractivity contribution in [2.45, 2.75) is 138 Å². The van der Waals surface area contributed by atoms with Gasteiger partial charge in [-0.2, -0.15) is 0 Å². The third-order valence-electron chi connectivity index (χ3n) is 10.8. The molecule has 9 heteroatoms. The summed E-state index contributed by atoms with van der Waals surface area (Å²) in [5.74, 6) is 1.34. The highest BCUT2D eigenvalue weighted by molar-refractivity contribution is 7.90. The summed E-state index contributed by atoms with van der Waals surface area (Å²) in [4.78, 5) is 27.4. The quantitative estimate of drug-likeness (QED) is 0.175. The number of carboxylic acid groups (broad SMARTS) is 1. The summed E-state index contributed by atoms with van der Waals surface area (Å²) in [6.45, 7) is 18.2. The fourth-order valence-corrected chi connectivity index (χ4v) is 8.28. The molecular weight excluding hydrogens is 685 g/mol. The Morgan fingerprint density at radius 2 is 1.64 bits per heavy atom. The van der Waals surface area contributed by atoms with Crippen molar-refractivity contribution >= 4 is 21.7 Å². The van der Waals surface area contributed by atoms with Gasteiger partial charge in [0.25, 0.3) is 5.91 Å². The SMILES string of the molecule is CC1CCCCC1.CCCC(C)CC(C)CC.COC[C@@H]1CC(C)CN1Cc1ccc(C(=O)NC(CCS(C)(=O)=O)C(=O)O)c(-c2ccccc2C)c1. The highest BCUT2D eigenvalue weighted by Crippen LogP contribution is 2.31. The molecule has 4 unspecified atom stereocenters. The van der Waals surface area contributed by atoms with Crippen LogP contribution in [0.15, 0.2) is 42.5 Å². The monoisotopic (exact) mass is 757 g/mol. The molecule has 1 aliphatic carbocycles. The Balaban J connectivity index is 0.000000467. The number of benzene rings is 2. The first-order valence-electron chi connectivity index (χ1n) is 20.2. The molecule has 300 valence electrons. The smallest absolute Gasteiger partial charge is 0.326 e. The Morgan fingerprint density at radius 3 is 2.19 bits per heavy atom. The second-order valence-electron chi connectivity index (χ2n) is 16.2. The van der Waals surface area contributed by atoms with Gasteiger partial charge in [0.15, 0.2) is 0 Å². The number of aryl methyl sites for hydroxylation is 1. The number of methoxy groups -OCH3 is 1. The molecule has 2 aliphatic rings. The zero-order valence-corrected chi connectivity index (χ0v) is 35.3. The lowest BCUT2D eigenvalue weighted by atomic mass is 9.91. The van der Waals surface area contributed by atoms with Crippen molar-refractivity contribution in [3.05, 3.63) is 59.2 Å². The number of aliphatic carboxylic acids is 1. The zero-order chi connectivity index (χ0) is 39.6. The molecule has 5 atom stereocenters. The molecule has 4 rings (SSSR count). The zero-order valence-electron chi connectivity index (χ0n) is 34.5. The molecule has 2 aromatic carbocycles. The molecule has 1 aliphatic heterocycles. The van der Waals surface area contributed by atoms with Gasteiger partial charge in [-0.3, -0.25) is 9.69 Å². The fourth-order valence-electron chi connectivity index (χ4n) is 7.61. The number of carbonyl (C=O) groups excluding carboxylic acids is 1. The van der Waals surface area contributed by atoms with Crippen LogP contribution in [0.1, 0.15) is 134 Å². The molecule has 2 N–H and O–H groups in total. The van der Waals surface area contributed by atoms with Crippen LogP contribution < -0.4 is 5.32 Å². The van der Waals surface area contributed by atoms with Crippen molar-refractivity contribution in [1.82, 2.24) is 10.2 Å². The number of ether oxygens (including phenoxy) is 1. The summed E-state index contributed by atoms with van der Waals surface area (Å²) in [7, 11) is -1.65. The number of hydrogen-bond donors (Lipinski definition) is 2. The van der Waals surface area contributed by atoms with Gasteiger partial charge in [-0.1, -0.05) is 123 Å². The summed E-state index contributed by atoms with van der Waals surface area (Å²) in [5.41, 5.74) is 3.98. The number of rotatable bonds is 16. The molecule has 0 radical (unpaired) electrons. The van der Waals surface area contributed by atoms with E-state index in [1.807, 2.05) is 43.3 Å². The predicted molar refractivity (Wildman–Crippen MR) is 220 cm³/mol. The maximum absolute atomic E-state index is 13.3. The number of likely N-dealkylation sites (tertiary alicyclic amines) is 1. The molecule has 0 bridgehead atoms. The lowest BCUT2D eigenvalue weighted by molar-refractivity contribution is -0.139. The highest BCUT2D eigenvalue weighted by atomic mass is 32.2. The van der Waals surface area contributed by atoms with Crippen LogP contribution in [0.25, 0.3) is 11.1 Å². The number of carboxylic acids is 1. The van der Waals surface area contributed by atoms with E-state index < -0.39 is 27.8 Å². The molecule has 2 fully saturated rings. The van der Waals surface area contributed by atoms with Crippen molar-refractivity contribution in [2.75, 3.05) is 32.3 Å². The third kappa shape index (κ3) is 17.5. The molecule has 2 aromatic rings. The first-order valence-corrected chi connectivity index (χ1v) is 22.3. The average Bonchev–Trinajstić information content (AvgIpc) is 3.45. The van der Waals surface area contributed by atoms with E-state index in [1.54, 1.807) is 13.2 Å². The second-order valence-corrected chi connectivity index (χ2v) is 18.5. The lowest BCUT2D eigenvalue weighted by Crippen LogP contribution is -2.42. The fraction of sp³-hybridized carbons (Fsp3) is 0.682. The van der Waals surface area contributed by atoms with Crippen LogP contribution in [-0.2, 0) is 25.9 Å². The third-order valence-corrected chi connectivity index (χ3v) is 11.8. The lowest BCUT2D eigenvalue weighted by Gasteiger charge is -2.24. The number of sulfone groups is 1. The minimum Gasteiger partial charge on any atom is -0.480 e. The molecule has 53 heavy (non-hydrogen) atoms. The van der Waals surface area contributed by atoms with Crippen molar-refractivity contribution in [3.63, 3.8) is 0 Å². The number of hydrogen-bond acceptors (Lipinski definition) is 6. The van der Waals surface area contributed by atoms with E-state index in [0.717, 1.165) is 53.7 Å². The van der Waals surface area contributed by atoms with Gasteiger partial charge >= 0.3 is 5.97 Å². The minimum absolute atomic E-state index is 0.203. The van der Waals surface area contributed by atoms with Crippen LogP contribution in [0.3, 0.4) is 0 Å². The van der Waals surface area contributed by atoms with Crippen LogP contribution in [0.4, 0.5) is 0 Å². The van der Waals surface area contributed by atoms with Crippen molar-refractivity contribution in [1.29, 1.82) is 0 Å². The number of carbonyl (C=O) groups is 2. The normalized spacial score (nSPS) is 19.6. The van der Waals surface area contributed by atoms with Gasteiger partial charge in [-0.05, 0) is 84.2 Å². The Hall–Kier alpha value is -2.75. The topological polar surface area (TPSA) is 113 Å². The van der Waals surface area contributed by atoms with E-state index in [4.69, 9.17) is 4.74 Å². The summed E-state index contributed by atoms with van der Waals surface area (Å²) >= 11 is 0. The van der Waals surface area contributed by atoms with Crippen LogP contribution in [0, 0.1) is 30.6 Å². The van der Waals surface area contributed by atoms with Crippen LogP contribution in [-0.4, -0.2) is 74.7 Å². The molecule has 8 nitrogen and oxygen atoms in total. The summed E-state index contributed by atoms with van der Waals surface area (Å²) in [6.07, 6.45) is 14.9. The molecule has 1 heterocycles. The van der Waals surface area contributed by atoms with Gasteiger partial charge in [0, 0.05) is 38.1 Å². The van der Waals surface area contributed by atoms with Crippen LogP contribution in [0.2, 0.25) is 0 Å². The first kappa shape index (κ1) is 46.4. The molecule has 1 amide bonds. The predicted octanol–water partition coefficient (Wildman–Crippen LogP) is 9.58. The maximum atomic E-state index is 13.3. The van der Waals surface area contributed by atoms with Crippen molar-refractivity contribution < 1.29 is 27.9 Å². The largest absolute Gasteiger partial charge is 0.480 e. The Morgan fingerprint density at radius 1 is 0.962 bits per heavy atom. The van der Waals surface area contributed by atoms with E-state index in [9.17, 15) is 23.1 Å². The van der Waals surface area contributed by atoms with Gasteiger partial charge in [0.2, 0.25) is 0 Å². The van der Waals surface area contributed by atoms with Crippen molar-refractivity contribution in [3.8, 4) is 11.1 Å². The molecule has 1 saturated carbocycles. The van der Waals surface area contributed by atoms with Gasteiger partial charge in [-0.15, -0.1) is 0 Å². The van der Waals surface area contributed by atoms with E-state index in [-0.39, 0.29) is 12.2 Å². The van der Waals surface area contributed by atoms with E-state index in [2.05, 4.69) is 51.8 Å². The van der Waals surface area contributed by atoms with Gasteiger partial charge in [0.1, 0.15) is 15.9 Å². The summed E-state index contributed by atoms with van der Waals surface area (Å²) in [5, 5.41) is 12.1. The Labute approximate surface area is 322 Å². The van der Waals surface area contributed by atoms with Crippen molar-refractivity contribution in [2.24, 2.45) is 23.7 Å². The average molecular weight is 757 g/mol. The highest BCUT2D eigenvalue weighted by Gasteiger charge is 2.30. The van der Waals surface area contributed by atoms with E-state index >= 15 is 0 Å². The molecule has 0 aromatic heterocycles. The molecule has 0 spiro atoms. The van der Waals surface area contributed by atoms with Crippen LogP contribution in [0.5, 0.6) is 0 Å². The van der Waals surface area contributed by atoms with Gasteiger partial charge < -0.3 is 15.2 Å². The van der Waals surface area contributed by atoms with E-state index in [1.165, 1.54) is 57.8 Å². The number of nitrogens with zero attached hydrogens (tertiary/aromatic N) is 1. The minimum atomic E-state index is -3.37. The molecule has 1 saturated heterocycles. The van der Waals surface area contributed by atoms with Gasteiger partial charge in [-0.25, -0.2) is 13.2 Å². The van der Waals surface area contributed by atoms with Crippen LogP contribution >= 0.6 is 0 Å². The maximum Gasteiger partial charge on any atom is 0.326 e. The number of nitrogens with one attached hydrogen (secondary N) is 1. The standard InChI is InChI=1S/C27H36N2O6S.C10H22.C7H14/c1-18-13-21(17-35-3)29(15-18)16-20-9-10-23(24(14-20)22-8-6-5-7-19(22)2)26(30)28-25(27(31)32)11-12-36(4,33)34;1-5-7-10(4)8-9(3)6-2;1-7-5-3-2-4-6-7/h5-10,14,18,21,25H,11-13,15-17H2,1-4H3,(H,28,30)(H,31,32);9-10H,5-8H2,1-4H3;7H,2-6H2,1H3/t18?,21-,25?;;/m0../s1. The first-order chi connectivity index (χ1) is 25.1. The van der Waals surface area contributed by atoms with Gasteiger partial charge in [0.05, 0.1) is 12.4 Å². The summed E-state index contributed by atoms with van der Waals surface area (Å²) in [6, 6.07) is 12.4. The molecular formula is C44H72N2O6S. The van der Waals surface area contributed by atoms with E-state index in [0.29, 0.717) is 36.2 Å². The Bertz CT molecular complexity index is 1490. The Kier molecular flexibility index (Phi) is 20.9. The number of amides is 1.